The number of aromatic nitrogens is 4. The van der Waals surface area contributed by atoms with E-state index in [2.05, 4.69) is 34.2 Å². The number of aryl methyl sites for hydroxylation is 1. The van der Waals surface area contributed by atoms with Crippen molar-refractivity contribution in [3.05, 3.63) is 71.1 Å². The first kappa shape index (κ1) is 19.9. The molecular weight excluding hydrogens is 350 g/mol. The molecule has 2 N–H and O–H groups in total. The van der Waals surface area contributed by atoms with E-state index in [9.17, 15) is 4.79 Å². The highest BCUT2D eigenvalue weighted by Crippen LogP contribution is 2.19. The highest BCUT2D eigenvalue weighted by Gasteiger charge is 2.20. The van der Waals surface area contributed by atoms with Crippen LogP contribution >= 0.6 is 0 Å². The molecule has 3 aromatic rings. The van der Waals surface area contributed by atoms with E-state index in [0.29, 0.717) is 18.8 Å². The maximum atomic E-state index is 12.9. The van der Waals surface area contributed by atoms with Crippen molar-refractivity contribution in [1.29, 1.82) is 0 Å². The Morgan fingerprint density at radius 3 is 2.61 bits per heavy atom. The van der Waals surface area contributed by atoms with Gasteiger partial charge in [-0.3, -0.25) is 9.48 Å². The van der Waals surface area contributed by atoms with Gasteiger partial charge in [-0.1, -0.05) is 44.2 Å². The number of carbonyl (C=O) groups excluding carboxylic acids is 1. The molecule has 0 aliphatic heterocycles. The van der Waals surface area contributed by atoms with Crippen LogP contribution in [0.3, 0.4) is 0 Å². The first-order valence-electron chi connectivity index (χ1n) is 9.79. The van der Waals surface area contributed by atoms with Gasteiger partial charge in [-0.05, 0) is 25.3 Å². The summed E-state index contributed by atoms with van der Waals surface area (Å²) < 4.78 is 2.01. The Kier molecular flexibility index (Phi) is 6.29. The minimum Gasteiger partial charge on any atom is -0.349 e. The van der Waals surface area contributed by atoms with Crippen molar-refractivity contribution < 1.29 is 4.79 Å². The van der Waals surface area contributed by atoms with Gasteiger partial charge in [0, 0.05) is 36.6 Å². The molecule has 0 saturated carbocycles. The van der Waals surface area contributed by atoms with E-state index in [1.807, 2.05) is 48.9 Å². The lowest BCUT2D eigenvalue weighted by Gasteiger charge is -2.18. The van der Waals surface area contributed by atoms with Crippen LogP contribution in [-0.4, -0.2) is 25.7 Å². The molecule has 28 heavy (non-hydrogen) atoms. The third-order valence-electron chi connectivity index (χ3n) is 4.90. The van der Waals surface area contributed by atoms with Gasteiger partial charge in [0.05, 0.1) is 18.2 Å². The van der Waals surface area contributed by atoms with Crippen molar-refractivity contribution in [3.8, 4) is 0 Å². The van der Waals surface area contributed by atoms with E-state index in [1.54, 1.807) is 12.4 Å². The Labute approximate surface area is 166 Å². The third kappa shape index (κ3) is 4.88. The zero-order chi connectivity index (χ0) is 20.1. The summed E-state index contributed by atoms with van der Waals surface area (Å²) in [6.45, 7) is 9.22. The van der Waals surface area contributed by atoms with Crippen molar-refractivity contribution in [2.75, 3.05) is 0 Å². The monoisotopic (exact) mass is 379 g/mol. The third-order valence-corrected chi connectivity index (χ3v) is 4.90. The first-order valence-corrected chi connectivity index (χ1v) is 9.79. The van der Waals surface area contributed by atoms with Crippen LogP contribution < -0.4 is 5.32 Å². The average molecular weight is 380 g/mol. The summed E-state index contributed by atoms with van der Waals surface area (Å²) in [4.78, 5) is 20.3. The van der Waals surface area contributed by atoms with Gasteiger partial charge >= 0.3 is 0 Å². The van der Waals surface area contributed by atoms with Crippen molar-refractivity contribution in [3.63, 3.8) is 0 Å². The molecule has 2 aromatic heterocycles. The molecule has 0 saturated heterocycles. The minimum absolute atomic E-state index is 0.00398. The van der Waals surface area contributed by atoms with Crippen LogP contribution in [0.2, 0.25) is 0 Å². The maximum absolute atomic E-state index is 12.9. The molecule has 0 aliphatic carbocycles. The van der Waals surface area contributed by atoms with Gasteiger partial charge in [0.1, 0.15) is 5.82 Å². The Hall–Kier alpha value is -2.89. The van der Waals surface area contributed by atoms with Crippen LogP contribution in [0.5, 0.6) is 0 Å². The van der Waals surface area contributed by atoms with E-state index >= 15 is 0 Å². The van der Waals surface area contributed by atoms with Gasteiger partial charge in [0.2, 0.25) is 5.91 Å². The number of rotatable bonds is 8. The van der Waals surface area contributed by atoms with Crippen LogP contribution in [0.4, 0.5) is 0 Å². The van der Waals surface area contributed by atoms with Crippen LogP contribution in [0.1, 0.15) is 48.2 Å². The largest absolute Gasteiger partial charge is 0.349 e. The van der Waals surface area contributed by atoms with Crippen LogP contribution in [0, 0.1) is 19.8 Å². The van der Waals surface area contributed by atoms with Gasteiger partial charge in [0.25, 0.3) is 0 Å². The lowest BCUT2D eigenvalue weighted by Crippen LogP contribution is -2.31. The van der Waals surface area contributed by atoms with Gasteiger partial charge in [-0.25, -0.2) is 4.98 Å². The molecule has 1 amide bonds. The summed E-state index contributed by atoms with van der Waals surface area (Å²) in [7, 11) is 0. The summed E-state index contributed by atoms with van der Waals surface area (Å²) in [5, 5.41) is 7.81. The van der Waals surface area contributed by atoms with Crippen molar-refractivity contribution in [1.82, 2.24) is 25.1 Å². The van der Waals surface area contributed by atoms with Gasteiger partial charge in [0.15, 0.2) is 0 Å². The Morgan fingerprint density at radius 1 is 1.21 bits per heavy atom. The highest BCUT2D eigenvalue weighted by molar-refractivity contribution is 5.79. The van der Waals surface area contributed by atoms with E-state index in [4.69, 9.17) is 0 Å². The molecule has 0 bridgehead atoms. The Bertz CT molecular complexity index is 897. The quantitative estimate of drug-likeness (QED) is 0.629. The Balaban J connectivity index is 1.75. The SMILES string of the molecule is Cc1nn(CC(C)C)c(C)c1CC(=O)NC(Cc1ncc[nH]1)c1ccccc1. The van der Waals surface area contributed by atoms with Crippen LogP contribution in [0.25, 0.3) is 0 Å². The zero-order valence-corrected chi connectivity index (χ0v) is 17.1. The average Bonchev–Trinajstić information content (AvgIpc) is 3.26. The molecule has 6 nitrogen and oxygen atoms in total. The van der Waals surface area contributed by atoms with Crippen molar-refractivity contribution in [2.24, 2.45) is 5.92 Å². The predicted octanol–water partition coefficient (Wildman–Crippen LogP) is 3.52. The molecule has 1 atom stereocenters. The van der Waals surface area contributed by atoms with E-state index in [-0.39, 0.29) is 11.9 Å². The second-order valence-electron chi connectivity index (χ2n) is 7.67. The second-order valence-corrected chi connectivity index (χ2v) is 7.67. The fourth-order valence-electron chi connectivity index (χ4n) is 3.46. The molecule has 1 aromatic carbocycles. The number of H-pyrrole nitrogens is 1. The number of nitrogens with zero attached hydrogens (tertiary/aromatic N) is 3. The zero-order valence-electron chi connectivity index (χ0n) is 17.1. The summed E-state index contributed by atoms with van der Waals surface area (Å²) in [6.07, 6.45) is 4.48. The topological polar surface area (TPSA) is 75.6 Å². The number of aromatic amines is 1. The molecule has 0 aliphatic rings. The van der Waals surface area contributed by atoms with Gasteiger partial charge in [-0.2, -0.15) is 5.10 Å². The fourth-order valence-corrected chi connectivity index (χ4v) is 3.46. The van der Waals surface area contributed by atoms with Crippen LogP contribution in [0.15, 0.2) is 42.7 Å². The summed E-state index contributed by atoms with van der Waals surface area (Å²) >= 11 is 0. The van der Waals surface area contributed by atoms with Crippen LogP contribution in [-0.2, 0) is 24.2 Å². The number of amides is 1. The molecule has 0 spiro atoms. The first-order chi connectivity index (χ1) is 13.4. The highest BCUT2D eigenvalue weighted by atomic mass is 16.1. The summed E-state index contributed by atoms with van der Waals surface area (Å²) in [5.74, 6) is 1.36. The number of hydrogen-bond donors (Lipinski definition) is 2. The standard InChI is InChI=1S/C22H29N5O/c1-15(2)14-27-17(4)19(16(3)26-27)12-22(28)25-20(13-21-23-10-11-24-21)18-8-6-5-7-9-18/h5-11,15,20H,12-14H2,1-4H3,(H,23,24)(H,25,28). The second kappa shape index (κ2) is 8.87. The van der Waals surface area contributed by atoms with Gasteiger partial charge in [-0.15, -0.1) is 0 Å². The number of hydrogen-bond acceptors (Lipinski definition) is 3. The molecule has 0 fully saturated rings. The smallest absolute Gasteiger partial charge is 0.225 e. The van der Waals surface area contributed by atoms with E-state index in [0.717, 1.165) is 34.9 Å². The molecule has 148 valence electrons. The number of imidazole rings is 1. The lowest BCUT2D eigenvalue weighted by atomic mass is 10.0. The summed E-state index contributed by atoms with van der Waals surface area (Å²) in [6, 6.07) is 9.88. The molecule has 2 heterocycles. The number of benzene rings is 1. The molecule has 1 unspecified atom stereocenters. The minimum atomic E-state index is -0.133. The molecule has 6 heteroatoms. The fraction of sp³-hybridized carbons (Fsp3) is 0.409. The summed E-state index contributed by atoms with van der Waals surface area (Å²) in [5.41, 5.74) is 4.08. The number of carbonyl (C=O) groups is 1. The normalized spacial score (nSPS) is 12.3. The van der Waals surface area contributed by atoms with Crippen molar-refractivity contribution in [2.45, 2.75) is 53.1 Å². The lowest BCUT2D eigenvalue weighted by molar-refractivity contribution is -0.121. The maximum Gasteiger partial charge on any atom is 0.225 e. The predicted molar refractivity (Wildman–Crippen MR) is 110 cm³/mol. The number of nitrogens with one attached hydrogen (secondary N) is 2. The van der Waals surface area contributed by atoms with E-state index < -0.39 is 0 Å². The van der Waals surface area contributed by atoms with Gasteiger partial charge < -0.3 is 10.3 Å². The Morgan fingerprint density at radius 2 is 1.96 bits per heavy atom. The molecule has 0 radical (unpaired) electrons. The van der Waals surface area contributed by atoms with E-state index in [1.165, 1.54) is 0 Å². The van der Waals surface area contributed by atoms with Crippen molar-refractivity contribution >= 4 is 5.91 Å². The molecule has 3 rings (SSSR count). The molecular formula is C22H29N5O.